The van der Waals surface area contributed by atoms with Crippen LogP contribution in [0.25, 0.3) is 23.0 Å². The number of hydrogen-bond acceptors (Lipinski definition) is 6. The van der Waals surface area contributed by atoms with Crippen LogP contribution in [0.5, 0.6) is 0 Å². The maximum absolute atomic E-state index is 12.9. The first-order valence-corrected chi connectivity index (χ1v) is 11.3. The molecule has 2 heterocycles. The van der Waals surface area contributed by atoms with E-state index in [4.69, 9.17) is 8.94 Å². The summed E-state index contributed by atoms with van der Waals surface area (Å²) in [6.07, 6.45) is -4.50. The van der Waals surface area contributed by atoms with E-state index in [1.54, 1.807) is 18.2 Å². The van der Waals surface area contributed by atoms with Gasteiger partial charge in [0.05, 0.1) is 11.3 Å². The molecule has 0 aliphatic carbocycles. The number of aryl methyl sites for hydroxylation is 1. The number of furan rings is 1. The van der Waals surface area contributed by atoms with Gasteiger partial charge in [-0.25, -0.2) is 8.42 Å². The Labute approximate surface area is 181 Å². The molecule has 32 heavy (non-hydrogen) atoms. The van der Waals surface area contributed by atoms with Gasteiger partial charge in [-0.15, -0.1) is 0 Å². The fraction of sp³-hybridized carbons (Fsp3) is 0.182. The van der Waals surface area contributed by atoms with Crippen LogP contribution in [0.15, 0.2) is 69.6 Å². The van der Waals surface area contributed by atoms with E-state index in [1.165, 1.54) is 24.3 Å². The standard InChI is InChI=1S/C22H17F3N2O4S/c1-14-4-2-5-15(10-14)12-32(28,29)13-18-8-9-19(30-18)21-26-20(27-31-21)16-6-3-7-17(11-16)22(23,24)25/h2-11H,12-13H2,1H3. The second-order valence-corrected chi connectivity index (χ2v) is 9.35. The summed E-state index contributed by atoms with van der Waals surface area (Å²) >= 11 is 0. The Morgan fingerprint density at radius 2 is 1.75 bits per heavy atom. The van der Waals surface area contributed by atoms with Gasteiger partial charge >= 0.3 is 6.18 Å². The maximum atomic E-state index is 12.9. The maximum Gasteiger partial charge on any atom is 0.416 e. The molecule has 0 saturated carbocycles. The molecule has 0 amide bonds. The SMILES string of the molecule is Cc1cccc(CS(=O)(=O)Cc2ccc(-c3nc(-c4cccc(C(F)(F)F)c4)no3)o2)c1. The third kappa shape index (κ3) is 5.08. The lowest BCUT2D eigenvalue weighted by atomic mass is 10.1. The molecule has 6 nitrogen and oxygen atoms in total. The predicted octanol–water partition coefficient (Wildman–Crippen LogP) is 5.44. The summed E-state index contributed by atoms with van der Waals surface area (Å²) in [7, 11) is -3.50. The normalized spacial score (nSPS) is 12.2. The molecule has 0 atom stereocenters. The van der Waals surface area contributed by atoms with Crippen LogP contribution in [-0.4, -0.2) is 18.6 Å². The molecule has 2 aromatic carbocycles. The minimum absolute atomic E-state index is 0.0453. The van der Waals surface area contributed by atoms with Crippen molar-refractivity contribution in [1.29, 1.82) is 0 Å². The quantitative estimate of drug-likeness (QED) is 0.379. The molecule has 0 aliphatic heterocycles. The molecule has 0 spiro atoms. The van der Waals surface area contributed by atoms with Crippen LogP contribution in [0.3, 0.4) is 0 Å². The van der Waals surface area contributed by atoms with E-state index in [9.17, 15) is 21.6 Å². The molecule has 0 aliphatic rings. The Morgan fingerprint density at radius 1 is 0.969 bits per heavy atom. The van der Waals surface area contributed by atoms with Crippen molar-refractivity contribution in [1.82, 2.24) is 10.1 Å². The van der Waals surface area contributed by atoms with Crippen LogP contribution in [0.2, 0.25) is 0 Å². The van der Waals surface area contributed by atoms with E-state index in [2.05, 4.69) is 10.1 Å². The van der Waals surface area contributed by atoms with Gasteiger partial charge < -0.3 is 8.94 Å². The molecular weight excluding hydrogens is 445 g/mol. The van der Waals surface area contributed by atoms with Crippen molar-refractivity contribution in [3.05, 3.63) is 83.1 Å². The summed E-state index contributed by atoms with van der Waals surface area (Å²) in [6.45, 7) is 1.88. The lowest BCUT2D eigenvalue weighted by Crippen LogP contribution is -2.07. The van der Waals surface area contributed by atoms with Gasteiger partial charge in [-0.1, -0.05) is 47.1 Å². The fourth-order valence-electron chi connectivity index (χ4n) is 3.17. The minimum Gasteiger partial charge on any atom is -0.455 e. The monoisotopic (exact) mass is 462 g/mol. The summed E-state index contributed by atoms with van der Waals surface area (Å²) in [5.74, 6) is -0.264. The Kier molecular flexibility index (Phi) is 5.64. The first-order chi connectivity index (χ1) is 15.1. The van der Waals surface area contributed by atoms with E-state index in [0.29, 0.717) is 5.56 Å². The minimum atomic E-state index is -4.50. The number of nitrogens with zero attached hydrogens (tertiary/aromatic N) is 2. The second kappa shape index (κ2) is 8.27. The fourth-order valence-corrected chi connectivity index (χ4v) is 4.55. The molecule has 0 bridgehead atoms. The van der Waals surface area contributed by atoms with Crippen molar-refractivity contribution in [2.45, 2.75) is 24.6 Å². The Morgan fingerprint density at radius 3 is 2.50 bits per heavy atom. The van der Waals surface area contributed by atoms with Gasteiger partial charge in [0, 0.05) is 5.56 Å². The lowest BCUT2D eigenvalue weighted by Gasteiger charge is -2.06. The van der Waals surface area contributed by atoms with E-state index < -0.39 is 21.6 Å². The van der Waals surface area contributed by atoms with Crippen molar-refractivity contribution in [2.24, 2.45) is 0 Å². The number of rotatable bonds is 6. The smallest absolute Gasteiger partial charge is 0.416 e. The highest BCUT2D eigenvalue weighted by Gasteiger charge is 2.31. The molecule has 0 radical (unpaired) electrons. The van der Waals surface area contributed by atoms with Gasteiger partial charge in [0.2, 0.25) is 5.82 Å². The zero-order valence-corrected chi connectivity index (χ0v) is 17.6. The number of halogens is 3. The zero-order valence-electron chi connectivity index (χ0n) is 16.8. The molecule has 0 unspecified atom stereocenters. The van der Waals surface area contributed by atoms with Gasteiger partial charge in [-0.2, -0.15) is 18.2 Å². The Balaban J connectivity index is 1.51. The highest BCUT2D eigenvalue weighted by Crippen LogP contribution is 2.32. The summed E-state index contributed by atoms with van der Waals surface area (Å²) < 4.78 is 74.4. The van der Waals surface area contributed by atoms with Gasteiger partial charge in [-0.3, -0.25) is 0 Å². The van der Waals surface area contributed by atoms with E-state index in [0.717, 1.165) is 17.7 Å². The molecule has 0 saturated heterocycles. The van der Waals surface area contributed by atoms with Crippen molar-refractivity contribution in [3.63, 3.8) is 0 Å². The largest absolute Gasteiger partial charge is 0.455 e. The molecular formula is C22H17F3N2O4S. The van der Waals surface area contributed by atoms with Crippen molar-refractivity contribution in [2.75, 3.05) is 0 Å². The molecule has 10 heteroatoms. The van der Waals surface area contributed by atoms with Gasteiger partial charge in [0.15, 0.2) is 15.6 Å². The van der Waals surface area contributed by atoms with E-state index in [-0.39, 0.29) is 40.3 Å². The first kappa shape index (κ1) is 21.8. The average molecular weight is 462 g/mol. The van der Waals surface area contributed by atoms with Crippen LogP contribution >= 0.6 is 0 Å². The van der Waals surface area contributed by atoms with Crippen molar-refractivity contribution >= 4 is 9.84 Å². The van der Waals surface area contributed by atoms with Crippen LogP contribution in [-0.2, 0) is 27.5 Å². The molecule has 166 valence electrons. The molecule has 2 aromatic heterocycles. The lowest BCUT2D eigenvalue weighted by molar-refractivity contribution is -0.137. The van der Waals surface area contributed by atoms with Crippen LogP contribution in [0.1, 0.15) is 22.5 Å². The molecule has 0 N–H and O–H groups in total. The number of alkyl halides is 3. The summed E-state index contributed by atoms with van der Waals surface area (Å²) in [5, 5.41) is 3.70. The van der Waals surface area contributed by atoms with Crippen molar-refractivity contribution in [3.8, 4) is 23.0 Å². The number of sulfone groups is 1. The number of hydrogen-bond donors (Lipinski definition) is 0. The van der Waals surface area contributed by atoms with Crippen LogP contribution < -0.4 is 0 Å². The van der Waals surface area contributed by atoms with E-state index in [1.807, 2.05) is 13.0 Å². The highest BCUT2D eigenvalue weighted by molar-refractivity contribution is 7.89. The Bertz CT molecular complexity index is 1360. The van der Waals surface area contributed by atoms with E-state index >= 15 is 0 Å². The average Bonchev–Trinajstić information content (AvgIpc) is 3.36. The first-order valence-electron chi connectivity index (χ1n) is 9.45. The Hall–Kier alpha value is -3.40. The van der Waals surface area contributed by atoms with Crippen molar-refractivity contribution < 1.29 is 30.5 Å². The van der Waals surface area contributed by atoms with Gasteiger partial charge in [0.1, 0.15) is 11.5 Å². The van der Waals surface area contributed by atoms with Gasteiger partial charge in [0.25, 0.3) is 5.89 Å². The van der Waals surface area contributed by atoms with Crippen LogP contribution in [0, 0.1) is 6.92 Å². The summed E-state index contributed by atoms with van der Waals surface area (Å²) in [5.41, 5.74) is 0.938. The molecule has 4 aromatic rings. The third-order valence-corrected chi connectivity index (χ3v) is 6.08. The zero-order chi connectivity index (χ0) is 22.9. The van der Waals surface area contributed by atoms with Crippen LogP contribution in [0.4, 0.5) is 13.2 Å². The topological polar surface area (TPSA) is 86.2 Å². The molecule has 4 rings (SSSR count). The third-order valence-electron chi connectivity index (χ3n) is 4.58. The van der Waals surface area contributed by atoms with Gasteiger partial charge in [-0.05, 0) is 36.8 Å². The predicted molar refractivity (Wildman–Crippen MR) is 110 cm³/mol. The highest BCUT2D eigenvalue weighted by atomic mass is 32.2. The summed E-state index contributed by atoms with van der Waals surface area (Å²) in [6, 6.07) is 14.7. The second-order valence-electron chi connectivity index (χ2n) is 7.29. The summed E-state index contributed by atoms with van der Waals surface area (Å²) in [4.78, 5) is 4.07. The molecule has 0 fully saturated rings. The number of benzene rings is 2. The number of aromatic nitrogens is 2.